The molecule has 2 amide bonds. The summed E-state index contributed by atoms with van der Waals surface area (Å²) in [4.78, 5) is 27.6. The number of fused-ring (bicyclic) bond motifs is 1. The van der Waals surface area contributed by atoms with Gasteiger partial charge >= 0.3 is 12.2 Å². The molecule has 1 saturated heterocycles. The molecule has 14 heteroatoms. The Kier molecular flexibility index (Phi) is 15.9. The van der Waals surface area contributed by atoms with Crippen molar-refractivity contribution in [1.29, 1.82) is 0 Å². The second-order valence-corrected chi connectivity index (χ2v) is 25.3. The van der Waals surface area contributed by atoms with Crippen molar-refractivity contribution in [2.45, 2.75) is 121 Å². The maximum atomic E-state index is 14.2. The van der Waals surface area contributed by atoms with Gasteiger partial charge in [0.1, 0.15) is 24.2 Å². The second-order valence-electron chi connectivity index (χ2n) is 17.8. The standard InChI is InChI=1S/C46H62N2O10SSi/c1-45(2,3)58-44(50)48(34-54-26-27-60(6,7)8)59(51,52)40-29-35(28-38(31-40)36-19-12-11-13-20-36)18-14-17-25-53-24-16-10-9-15-23-47-32-42(56-43(47)49)37-21-22-41-39(30-37)33-55-46(4,5)57-41/h11-13,19-22,28-31,42H,9-10,15-17,23-27,32-34H2,1-8H3/t42-/m0/s1. The van der Waals surface area contributed by atoms with Gasteiger partial charge in [-0.2, -0.15) is 4.31 Å². The molecule has 0 unspecified atom stereocenters. The first-order valence-corrected chi connectivity index (χ1v) is 26.0. The van der Waals surface area contributed by atoms with Crippen molar-refractivity contribution in [2.24, 2.45) is 0 Å². The van der Waals surface area contributed by atoms with Crippen LogP contribution in [0.3, 0.4) is 0 Å². The molecule has 5 rings (SSSR count). The number of amides is 2. The minimum atomic E-state index is -4.40. The Morgan fingerprint density at radius 2 is 1.68 bits per heavy atom. The number of hydrogen-bond donors (Lipinski definition) is 0. The molecule has 60 heavy (non-hydrogen) atoms. The quantitative estimate of drug-likeness (QED) is 0.0528. The Morgan fingerprint density at radius 1 is 0.933 bits per heavy atom. The van der Waals surface area contributed by atoms with Crippen LogP contribution in [-0.4, -0.2) is 88.9 Å². The summed E-state index contributed by atoms with van der Waals surface area (Å²) in [5, 5.41) is 0. The molecular formula is C46H62N2O10SSi. The van der Waals surface area contributed by atoms with Crippen LogP contribution in [-0.2, 0) is 40.3 Å². The van der Waals surface area contributed by atoms with Crippen LogP contribution in [0.15, 0.2) is 71.6 Å². The third-order valence-electron chi connectivity index (χ3n) is 9.75. The van der Waals surface area contributed by atoms with E-state index in [4.69, 9.17) is 28.4 Å². The lowest BCUT2D eigenvalue weighted by molar-refractivity contribution is -0.180. The molecule has 2 heterocycles. The monoisotopic (exact) mass is 862 g/mol. The van der Waals surface area contributed by atoms with E-state index in [-0.39, 0.29) is 17.1 Å². The van der Waals surface area contributed by atoms with Gasteiger partial charge < -0.3 is 33.3 Å². The fourth-order valence-corrected chi connectivity index (χ4v) is 8.49. The van der Waals surface area contributed by atoms with E-state index in [1.165, 1.54) is 6.07 Å². The fraction of sp³-hybridized carbons (Fsp3) is 0.522. The van der Waals surface area contributed by atoms with Gasteiger partial charge in [0.05, 0.1) is 24.7 Å². The first-order valence-electron chi connectivity index (χ1n) is 20.8. The van der Waals surface area contributed by atoms with E-state index in [2.05, 4.69) is 31.5 Å². The topological polar surface area (TPSA) is 130 Å². The van der Waals surface area contributed by atoms with Gasteiger partial charge in [-0.15, -0.1) is 0 Å². The highest BCUT2D eigenvalue weighted by molar-refractivity contribution is 7.89. The molecule has 3 aromatic rings. The van der Waals surface area contributed by atoms with Crippen molar-refractivity contribution in [2.75, 3.05) is 39.6 Å². The molecule has 12 nitrogen and oxygen atoms in total. The minimum absolute atomic E-state index is 0.0877. The molecule has 3 aromatic carbocycles. The third-order valence-corrected chi connectivity index (χ3v) is 13.1. The predicted octanol–water partition coefficient (Wildman–Crippen LogP) is 9.75. The normalized spacial score (nSPS) is 16.3. The zero-order chi connectivity index (χ0) is 43.6. The minimum Gasteiger partial charge on any atom is -0.463 e. The van der Waals surface area contributed by atoms with Crippen LogP contribution in [0.5, 0.6) is 5.75 Å². The van der Waals surface area contributed by atoms with Crippen LogP contribution in [0.1, 0.15) is 89.5 Å². The highest BCUT2D eigenvalue weighted by Crippen LogP contribution is 2.35. The number of benzene rings is 3. The SMILES string of the molecule is CC(C)(C)OC(=O)N(COCC[Si](C)(C)C)S(=O)(=O)c1cc(C#CCCOCCCCCCN2C[C@@H](c3ccc4c(c3)COC(C)(C)O4)OC2=O)cc(-c2ccccc2)c1. The van der Waals surface area contributed by atoms with E-state index in [1.807, 2.05) is 68.4 Å². The molecule has 0 aliphatic carbocycles. The van der Waals surface area contributed by atoms with Crippen molar-refractivity contribution in [3.63, 3.8) is 0 Å². The molecule has 0 saturated carbocycles. The number of nitrogens with zero attached hydrogens (tertiary/aromatic N) is 2. The zero-order valence-corrected chi connectivity index (χ0v) is 38.3. The Morgan fingerprint density at radius 3 is 2.42 bits per heavy atom. The molecule has 1 atom stereocenters. The number of ether oxygens (including phenoxy) is 6. The number of rotatable bonds is 18. The van der Waals surface area contributed by atoms with Crippen LogP contribution >= 0.6 is 0 Å². The summed E-state index contributed by atoms with van der Waals surface area (Å²) in [6.45, 7) is 17.9. The van der Waals surface area contributed by atoms with Crippen LogP contribution in [0, 0.1) is 11.8 Å². The first kappa shape index (κ1) is 46.7. The van der Waals surface area contributed by atoms with Crippen molar-refractivity contribution in [1.82, 2.24) is 9.21 Å². The average molecular weight is 863 g/mol. The van der Waals surface area contributed by atoms with Crippen molar-refractivity contribution >= 4 is 30.3 Å². The number of sulfonamides is 1. The van der Waals surface area contributed by atoms with E-state index in [0.717, 1.165) is 54.2 Å². The molecule has 326 valence electrons. The van der Waals surface area contributed by atoms with Crippen molar-refractivity contribution < 1.29 is 46.4 Å². The maximum Gasteiger partial charge on any atom is 0.426 e. The maximum absolute atomic E-state index is 14.2. The molecule has 1 fully saturated rings. The smallest absolute Gasteiger partial charge is 0.426 e. The fourth-order valence-electron chi connectivity index (χ4n) is 6.48. The second kappa shape index (κ2) is 20.4. The molecule has 0 radical (unpaired) electrons. The first-order chi connectivity index (χ1) is 28.3. The summed E-state index contributed by atoms with van der Waals surface area (Å²) in [6, 6.07) is 21.0. The van der Waals surface area contributed by atoms with Crippen LogP contribution in [0.4, 0.5) is 9.59 Å². The number of carbonyl (C=O) groups is 2. The summed E-state index contributed by atoms with van der Waals surface area (Å²) >= 11 is 0. The largest absolute Gasteiger partial charge is 0.463 e. The molecular weight excluding hydrogens is 801 g/mol. The summed E-state index contributed by atoms with van der Waals surface area (Å²) in [5.74, 6) is 6.37. The summed E-state index contributed by atoms with van der Waals surface area (Å²) in [5.41, 5.74) is 2.91. The molecule has 0 aromatic heterocycles. The van der Waals surface area contributed by atoms with Crippen molar-refractivity contribution in [3.05, 3.63) is 83.4 Å². The number of carbonyl (C=O) groups excluding carboxylic acids is 2. The van der Waals surface area contributed by atoms with Crippen LogP contribution < -0.4 is 4.74 Å². The Hall–Kier alpha value is -4.39. The molecule has 0 bridgehead atoms. The highest BCUT2D eigenvalue weighted by Gasteiger charge is 2.35. The lowest BCUT2D eigenvalue weighted by Crippen LogP contribution is -2.42. The number of hydrogen-bond acceptors (Lipinski definition) is 10. The Balaban J connectivity index is 1.10. The zero-order valence-electron chi connectivity index (χ0n) is 36.5. The van der Waals surface area contributed by atoms with Gasteiger partial charge in [0.2, 0.25) is 5.79 Å². The Bertz CT molecular complexity index is 2100. The molecule has 2 aliphatic rings. The Labute approximate surface area is 357 Å². The molecule has 2 aliphatic heterocycles. The van der Waals surface area contributed by atoms with Gasteiger partial charge in [0.25, 0.3) is 10.0 Å². The molecule has 0 N–H and O–H groups in total. The lowest BCUT2D eigenvalue weighted by Gasteiger charge is -2.32. The summed E-state index contributed by atoms with van der Waals surface area (Å²) in [6.07, 6.45) is 2.51. The van der Waals surface area contributed by atoms with Gasteiger partial charge in [-0.3, -0.25) is 0 Å². The molecule has 0 spiro atoms. The number of cyclic esters (lactones) is 1. The van der Waals surface area contributed by atoms with Gasteiger partial charge in [-0.05, 0) is 86.7 Å². The van der Waals surface area contributed by atoms with E-state index in [9.17, 15) is 18.0 Å². The van der Waals surface area contributed by atoms with Gasteiger partial charge in [0, 0.05) is 59.2 Å². The van der Waals surface area contributed by atoms with Gasteiger partial charge in [0.15, 0.2) is 0 Å². The van der Waals surface area contributed by atoms with Crippen LogP contribution in [0.2, 0.25) is 25.7 Å². The van der Waals surface area contributed by atoms with Gasteiger partial charge in [-0.25, -0.2) is 18.0 Å². The van der Waals surface area contributed by atoms with Gasteiger partial charge in [-0.1, -0.05) is 80.7 Å². The summed E-state index contributed by atoms with van der Waals surface area (Å²) in [7, 11) is -5.86. The number of unbranched alkanes of at least 4 members (excludes halogenated alkanes) is 3. The lowest BCUT2D eigenvalue weighted by atomic mass is 10.0. The average Bonchev–Trinajstić information content (AvgIpc) is 3.55. The third kappa shape index (κ3) is 14.1. The van der Waals surface area contributed by atoms with E-state index < -0.39 is 42.3 Å². The predicted molar refractivity (Wildman–Crippen MR) is 234 cm³/mol. The summed E-state index contributed by atoms with van der Waals surface area (Å²) < 4.78 is 63.5. The van der Waals surface area contributed by atoms with E-state index >= 15 is 0 Å². The van der Waals surface area contributed by atoms with E-state index in [0.29, 0.717) is 61.4 Å². The van der Waals surface area contributed by atoms with Crippen LogP contribution in [0.25, 0.3) is 11.1 Å². The van der Waals surface area contributed by atoms with E-state index in [1.54, 1.807) is 31.7 Å². The van der Waals surface area contributed by atoms with Crippen molar-refractivity contribution in [3.8, 4) is 28.7 Å². The highest BCUT2D eigenvalue weighted by atomic mass is 32.2.